The van der Waals surface area contributed by atoms with Gasteiger partial charge in [-0.05, 0) is 43.7 Å². The van der Waals surface area contributed by atoms with E-state index < -0.39 is 0 Å². The first-order valence-corrected chi connectivity index (χ1v) is 9.27. The molecule has 1 aromatic rings. The zero-order valence-corrected chi connectivity index (χ0v) is 14.4. The number of hydrogen-bond donors (Lipinski definition) is 0. The molecule has 1 unspecified atom stereocenters. The van der Waals surface area contributed by atoms with Crippen LogP contribution in [0.25, 0.3) is 0 Å². The van der Waals surface area contributed by atoms with E-state index in [2.05, 4.69) is 29.2 Å². The van der Waals surface area contributed by atoms with Crippen molar-refractivity contribution in [2.75, 3.05) is 20.1 Å². The summed E-state index contributed by atoms with van der Waals surface area (Å²) < 4.78 is 0. The number of carbonyl (C=O) groups excluding carboxylic acids is 1. The van der Waals surface area contributed by atoms with Gasteiger partial charge in [0.1, 0.15) is 0 Å². The summed E-state index contributed by atoms with van der Waals surface area (Å²) in [5, 5.41) is 0. The van der Waals surface area contributed by atoms with Crippen LogP contribution in [0.1, 0.15) is 50.5 Å². The number of amides is 1. The van der Waals surface area contributed by atoms with E-state index in [1.54, 1.807) is 0 Å². The number of rotatable bonds is 5. The Labute approximate surface area is 140 Å². The molecule has 1 aromatic carbocycles. The molecule has 2 aliphatic rings. The fourth-order valence-electron chi connectivity index (χ4n) is 4.21. The van der Waals surface area contributed by atoms with E-state index in [0.717, 1.165) is 38.4 Å². The fourth-order valence-corrected chi connectivity index (χ4v) is 4.21. The van der Waals surface area contributed by atoms with Gasteiger partial charge in [-0.1, -0.05) is 49.6 Å². The summed E-state index contributed by atoms with van der Waals surface area (Å²) in [6.45, 7) is 2.89. The molecular formula is C20H30N2O. The van der Waals surface area contributed by atoms with Crippen molar-refractivity contribution < 1.29 is 4.79 Å². The van der Waals surface area contributed by atoms with Crippen LogP contribution in [0.2, 0.25) is 0 Å². The third-order valence-electron chi connectivity index (χ3n) is 5.51. The lowest BCUT2D eigenvalue weighted by Gasteiger charge is -2.31. The van der Waals surface area contributed by atoms with Crippen LogP contribution in [-0.2, 0) is 11.3 Å². The van der Waals surface area contributed by atoms with E-state index in [1.807, 2.05) is 18.0 Å². The van der Waals surface area contributed by atoms with Gasteiger partial charge < -0.3 is 4.90 Å². The first-order chi connectivity index (χ1) is 11.2. The minimum Gasteiger partial charge on any atom is -0.344 e. The lowest BCUT2D eigenvalue weighted by Crippen LogP contribution is -2.45. The Morgan fingerprint density at radius 1 is 1.09 bits per heavy atom. The van der Waals surface area contributed by atoms with Crippen LogP contribution in [0.3, 0.4) is 0 Å². The molecule has 126 valence electrons. The lowest BCUT2D eigenvalue weighted by atomic mass is 9.89. The van der Waals surface area contributed by atoms with Gasteiger partial charge in [0, 0.05) is 20.1 Å². The maximum Gasteiger partial charge on any atom is 0.239 e. The maximum atomic E-state index is 12.9. The summed E-state index contributed by atoms with van der Waals surface area (Å²) in [7, 11) is 2.01. The van der Waals surface area contributed by atoms with Crippen molar-refractivity contribution in [3.05, 3.63) is 35.9 Å². The van der Waals surface area contributed by atoms with Gasteiger partial charge in [0.15, 0.2) is 0 Å². The molecule has 1 amide bonds. The molecule has 3 heteroatoms. The lowest BCUT2D eigenvalue weighted by molar-refractivity contribution is -0.135. The summed E-state index contributed by atoms with van der Waals surface area (Å²) in [5.41, 5.74) is 1.31. The van der Waals surface area contributed by atoms with E-state index in [9.17, 15) is 4.79 Å². The van der Waals surface area contributed by atoms with Crippen LogP contribution < -0.4 is 0 Å². The molecule has 3 nitrogen and oxygen atoms in total. The Morgan fingerprint density at radius 3 is 2.57 bits per heavy atom. The third-order valence-corrected chi connectivity index (χ3v) is 5.51. The third kappa shape index (κ3) is 4.35. The van der Waals surface area contributed by atoms with Crippen LogP contribution in [0.5, 0.6) is 0 Å². The highest BCUT2D eigenvalue weighted by atomic mass is 16.2. The predicted molar refractivity (Wildman–Crippen MR) is 94.1 cm³/mol. The van der Waals surface area contributed by atoms with Crippen LogP contribution in [0, 0.1) is 5.92 Å². The first kappa shape index (κ1) is 16.5. The van der Waals surface area contributed by atoms with E-state index in [-0.39, 0.29) is 6.04 Å². The summed E-state index contributed by atoms with van der Waals surface area (Å²) in [5.74, 6) is 1.06. The average molecular weight is 314 g/mol. The standard InChI is InChI=1S/C20H30N2O/c1-21(15-17-9-4-2-5-10-17)20(23)19-13-8-14-22(19)16-18-11-6-3-7-12-18/h3,6-7,11-12,17,19H,2,4-5,8-10,13-16H2,1H3. The second-order valence-corrected chi connectivity index (χ2v) is 7.34. The van der Waals surface area contributed by atoms with Crippen molar-refractivity contribution >= 4 is 5.91 Å². The molecular weight excluding hydrogens is 284 g/mol. The average Bonchev–Trinajstić information content (AvgIpc) is 3.04. The van der Waals surface area contributed by atoms with Crippen molar-refractivity contribution in [3.8, 4) is 0 Å². The molecule has 3 rings (SSSR count). The number of likely N-dealkylation sites (N-methyl/N-ethyl adjacent to an activating group) is 1. The van der Waals surface area contributed by atoms with Gasteiger partial charge in [0.05, 0.1) is 6.04 Å². The van der Waals surface area contributed by atoms with Crippen molar-refractivity contribution in [1.82, 2.24) is 9.80 Å². The zero-order valence-electron chi connectivity index (χ0n) is 14.4. The van der Waals surface area contributed by atoms with Crippen LogP contribution in [0.4, 0.5) is 0 Å². The number of carbonyl (C=O) groups is 1. The van der Waals surface area contributed by atoms with Crippen LogP contribution in [0.15, 0.2) is 30.3 Å². The van der Waals surface area contributed by atoms with Crippen LogP contribution in [-0.4, -0.2) is 41.9 Å². The molecule has 1 heterocycles. The Hall–Kier alpha value is -1.35. The molecule has 1 aliphatic heterocycles. The highest BCUT2D eigenvalue weighted by Crippen LogP contribution is 2.26. The molecule has 0 radical (unpaired) electrons. The molecule has 1 atom stereocenters. The molecule has 1 aliphatic carbocycles. The van der Waals surface area contributed by atoms with E-state index in [4.69, 9.17) is 0 Å². The second-order valence-electron chi connectivity index (χ2n) is 7.34. The van der Waals surface area contributed by atoms with Crippen molar-refractivity contribution in [2.45, 2.75) is 57.5 Å². The van der Waals surface area contributed by atoms with Gasteiger partial charge in [0.2, 0.25) is 5.91 Å². The van der Waals surface area contributed by atoms with E-state index in [1.165, 1.54) is 37.7 Å². The van der Waals surface area contributed by atoms with Crippen molar-refractivity contribution in [1.29, 1.82) is 0 Å². The highest BCUT2D eigenvalue weighted by molar-refractivity contribution is 5.82. The molecule has 0 aromatic heterocycles. The molecule has 0 bridgehead atoms. The van der Waals surface area contributed by atoms with Gasteiger partial charge in [-0.15, -0.1) is 0 Å². The molecule has 23 heavy (non-hydrogen) atoms. The second kappa shape index (κ2) is 7.96. The molecule has 0 spiro atoms. The molecule has 1 saturated carbocycles. The Bertz CT molecular complexity index is 496. The summed E-state index contributed by atoms with van der Waals surface area (Å²) >= 11 is 0. The summed E-state index contributed by atoms with van der Waals surface area (Å²) in [6, 6.07) is 10.6. The molecule has 1 saturated heterocycles. The smallest absolute Gasteiger partial charge is 0.239 e. The van der Waals surface area contributed by atoms with Gasteiger partial charge in [0.25, 0.3) is 0 Å². The summed E-state index contributed by atoms with van der Waals surface area (Å²) in [4.78, 5) is 17.3. The Morgan fingerprint density at radius 2 is 1.83 bits per heavy atom. The zero-order chi connectivity index (χ0) is 16.1. The maximum absolute atomic E-state index is 12.9. The number of nitrogens with zero attached hydrogens (tertiary/aromatic N) is 2. The Balaban J connectivity index is 1.56. The number of benzene rings is 1. The van der Waals surface area contributed by atoms with Crippen LogP contribution >= 0.6 is 0 Å². The van der Waals surface area contributed by atoms with Crippen molar-refractivity contribution in [3.63, 3.8) is 0 Å². The quantitative estimate of drug-likeness (QED) is 0.827. The SMILES string of the molecule is CN(CC1CCCCC1)C(=O)C1CCCN1Cc1ccccc1. The number of hydrogen-bond acceptors (Lipinski definition) is 2. The van der Waals surface area contributed by atoms with Gasteiger partial charge >= 0.3 is 0 Å². The highest BCUT2D eigenvalue weighted by Gasteiger charge is 2.33. The van der Waals surface area contributed by atoms with Crippen molar-refractivity contribution in [2.24, 2.45) is 5.92 Å². The van der Waals surface area contributed by atoms with Gasteiger partial charge in [-0.25, -0.2) is 0 Å². The molecule has 0 N–H and O–H groups in total. The van der Waals surface area contributed by atoms with E-state index >= 15 is 0 Å². The largest absolute Gasteiger partial charge is 0.344 e. The fraction of sp³-hybridized carbons (Fsp3) is 0.650. The number of likely N-dealkylation sites (tertiary alicyclic amines) is 1. The normalized spacial score (nSPS) is 23.1. The minimum absolute atomic E-state index is 0.0868. The van der Waals surface area contributed by atoms with Gasteiger partial charge in [-0.2, -0.15) is 0 Å². The topological polar surface area (TPSA) is 23.6 Å². The minimum atomic E-state index is 0.0868. The first-order valence-electron chi connectivity index (χ1n) is 9.27. The Kier molecular flexibility index (Phi) is 5.71. The van der Waals surface area contributed by atoms with E-state index in [0.29, 0.717) is 5.91 Å². The van der Waals surface area contributed by atoms with Gasteiger partial charge in [-0.3, -0.25) is 9.69 Å². The monoisotopic (exact) mass is 314 g/mol. The molecule has 2 fully saturated rings. The predicted octanol–water partition coefficient (Wildman–Crippen LogP) is 3.69. The summed E-state index contributed by atoms with van der Waals surface area (Å²) in [6.07, 6.45) is 8.82.